The van der Waals surface area contributed by atoms with E-state index in [9.17, 15) is 24.8 Å². The highest BCUT2D eigenvalue weighted by Crippen LogP contribution is 2.36. The van der Waals surface area contributed by atoms with Crippen LogP contribution in [-0.4, -0.2) is 33.3 Å². The first-order valence-corrected chi connectivity index (χ1v) is 8.06. The van der Waals surface area contributed by atoms with Crippen LogP contribution in [0, 0.1) is 10.1 Å². The van der Waals surface area contributed by atoms with Gasteiger partial charge >= 0.3 is 5.69 Å². The first-order chi connectivity index (χ1) is 12.9. The second-order valence-corrected chi connectivity index (χ2v) is 5.29. The maximum Gasteiger partial charge on any atom is 0.315 e. The van der Waals surface area contributed by atoms with Gasteiger partial charge in [-0.1, -0.05) is 0 Å². The number of carbonyl (C=O) groups excluding carboxylic acids is 1. The minimum Gasteiger partial charge on any atom is -0.500 e. The van der Waals surface area contributed by atoms with Gasteiger partial charge in [-0.3, -0.25) is 19.7 Å². The number of carbonyl (C=O) groups is 1. The van der Waals surface area contributed by atoms with Crippen LogP contribution in [0.15, 0.2) is 40.4 Å². The molecule has 10 heteroatoms. The molecule has 0 spiro atoms. The van der Waals surface area contributed by atoms with Gasteiger partial charge in [0.2, 0.25) is 5.75 Å². The molecule has 0 fully saturated rings. The molecule has 0 unspecified atom stereocenters. The minimum atomic E-state index is -0.759. The van der Waals surface area contributed by atoms with Crippen molar-refractivity contribution in [3.8, 4) is 11.5 Å². The maximum absolute atomic E-state index is 12.1. The molecular formula is C17H18N4O6. The summed E-state index contributed by atoms with van der Waals surface area (Å²) in [4.78, 5) is 34.5. The van der Waals surface area contributed by atoms with Crippen LogP contribution in [0.4, 0.5) is 5.69 Å². The summed E-state index contributed by atoms with van der Waals surface area (Å²) in [6.45, 7) is 4.05. The number of benzene rings is 1. The Morgan fingerprint density at radius 1 is 1.44 bits per heavy atom. The van der Waals surface area contributed by atoms with Crippen LogP contribution in [0.3, 0.4) is 0 Å². The summed E-state index contributed by atoms with van der Waals surface area (Å²) >= 11 is 0. The molecule has 2 rings (SSSR count). The van der Waals surface area contributed by atoms with Crippen molar-refractivity contribution in [2.75, 3.05) is 6.61 Å². The van der Waals surface area contributed by atoms with Gasteiger partial charge in [-0.15, -0.1) is 0 Å². The minimum absolute atomic E-state index is 0.0756. The van der Waals surface area contributed by atoms with Crippen LogP contribution in [-0.2, 0) is 6.54 Å². The molecule has 0 aliphatic rings. The molecule has 0 bridgehead atoms. The van der Waals surface area contributed by atoms with Gasteiger partial charge in [-0.2, -0.15) is 5.10 Å². The number of nitrogens with zero attached hydrogens (tertiary/aromatic N) is 3. The predicted molar refractivity (Wildman–Crippen MR) is 97.4 cm³/mol. The van der Waals surface area contributed by atoms with E-state index in [1.54, 1.807) is 26.1 Å². The summed E-state index contributed by atoms with van der Waals surface area (Å²) in [5.74, 6) is -1.38. The zero-order valence-corrected chi connectivity index (χ0v) is 14.7. The fourth-order valence-corrected chi connectivity index (χ4v) is 2.28. The summed E-state index contributed by atoms with van der Waals surface area (Å²) in [5, 5.41) is 24.6. The third-order valence-electron chi connectivity index (χ3n) is 3.56. The number of rotatable bonds is 7. The van der Waals surface area contributed by atoms with Crippen LogP contribution in [0.25, 0.3) is 0 Å². The van der Waals surface area contributed by atoms with Gasteiger partial charge in [0.05, 0.1) is 17.7 Å². The summed E-state index contributed by atoms with van der Waals surface area (Å²) in [6, 6.07) is 5.37. The van der Waals surface area contributed by atoms with Gasteiger partial charge in [0, 0.05) is 24.4 Å². The molecule has 0 saturated heterocycles. The fourth-order valence-electron chi connectivity index (χ4n) is 2.28. The summed E-state index contributed by atoms with van der Waals surface area (Å²) in [5.41, 5.74) is 1.34. The molecule has 1 aromatic heterocycles. The van der Waals surface area contributed by atoms with E-state index in [-0.39, 0.29) is 23.5 Å². The van der Waals surface area contributed by atoms with Crippen LogP contribution in [0.2, 0.25) is 0 Å². The maximum atomic E-state index is 12.1. The van der Waals surface area contributed by atoms with E-state index in [0.717, 1.165) is 12.3 Å². The van der Waals surface area contributed by atoms with Crippen molar-refractivity contribution in [3.05, 3.63) is 62.1 Å². The summed E-state index contributed by atoms with van der Waals surface area (Å²) < 4.78 is 6.53. The molecule has 142 valence electrons. The zero-order valence-electron chi connectivity index (χ0n) is 14.7. The number of hydrazone groups is 1. The highest BCUT2D eigenvalue weighted by molar-refractivity contribution is 5.94. The number of phenolic OH excluding ortho intramolecular Hbond substituents is 1. The molecule has 10 nitrogen and oxygen atoms in total. The number of hydrogen-bond acceptors (Lipinski definition) is 7. The average molecular weight is 374 g/mol. The van der Waals surface area contributed by atoms with Gasteiger partial charge in [0.25, 0.3) is 11.5 Å². The molecular weight excluding hydrogens is 356 g/mol. The Bertz CT molecular complexity index is 951. The van der Waals surface area contributed by atoms with Crippen LogP contribution in [0.5, 0.6) is 11.5 Å². The van der Waals surface area contributed by atoms with Crippen molar-refractivity contribution >= 4 is 17.8 Å². The number of aryl methyl sites for hydroxylation is 1. The number of nitrogens with one attached hydrogen (secondary N) is 1. The van der Waals surface area contributed by atoms with Gasteiger partial charge < -0.3 is 14.4 Å². The largest absolute Gasteiger partial charge is 0.500 e. The number of nitro benzene ring substituents is 1. The van der Waals surface area contributed by atoms with Crippen molar-refractivity contribution in [2.24, 2.45) is 5.10 Å². The Kier molecular flexibility index (Phi) is 6.26. The highest BCUT2D eigenvalue weighted by Gasteiger charge is 2.19. The topological polar surface area (TPSA) is 136 Å². The predicted octanol–water partition coefficient (Wildman–Crippen LogP) is 1.64. The number of nitro groups is 1. The van der Waals surface area contributed by atoms with E-state index in [0.29, 0.717) is 6.54 Å². The molecule has 2 aromatic rings. The number of ether oxygens (including phenoxy) is 1. The Balaban J connectivity index is 2.24. The lowest BCUT2D eigenvalue weighted by Crippen LogP contribution is -2.30. The standard InChI is InChI=1S/C17H18N4O6/c1-3-20-7-5-6-12(17(20)24)16(23)19-18-10-11-8-13(21(25)26)15(22)14(9-11)27-4-2/h5-10,22H,3-4H2,1-2H3,(H,19,23)/b18-10-. The molecule has 1 amide bonds. The lowest BCUT2D eigenvalue weighted by Gasteiger charge is -2.07. The lowest BCUT2D eigenvalue weighted by atomic mass is 10.2. The second-order valence-electron chi connectivity index (χ2n) is 5.29. The first-order valence-electron chi connectivity index (χ1n) is 8.06. The number of amides is 1. The van der Waals surface area contributed by atoms with Crippen molar-refractivity contribution in [2.45, 2.75) is 20.4 Å². The van der Waals surface area contributed by atoms with Crippen LogP contribution < -0.4 is 15.7 Å². The third-order valence-corrected chi connectivity index (χ3v) is 3.56. The van der Waals surface area contributed by atoms with Crippen LogP contribution in [0.1, 0.15) is 29.8 Å². The molecule has 0 radical (unpaired) electrons. The van der Waals surface area contributed by atoms with Crippen molar-refractivity contribution < 1.29 is 19.6 Å². The normalized spacial score (nSPS) is 10.7. The summed E-state index contributed by atoms with van der Waals surface area (Å²) in [6.07, 6.45) is 2.71. The smallest absolute Gasteiger partial charge is 0.315 e. The highest BCUT2D eigenvalue weighted by atomic mass is 16.6. The monoisotopic (exact) mass is 374 g/mol. The molecule has 0 saturated carbocycles. The van der Waals surface area contributed by atoms with Gasteiger partial charge in [-0.25, -0.2) is 5.43 Å². The Hall–Kier alpha value is -3.69. The second kappa shape index (κ2) is 8.61. The van der Waals surface area contributed by atoms with E-state index in [2.05, 4.69) is 10.5 Å². The van der Waals surface area contributed by atoms with E-state index in [1.807, 2.05) is 0 Å². The quantitative estimate of drug-likeness (QED) is 0.429. The number of pyridine rings is 1. The fraction of sp³-hybridized carbons (Fsp3) is 0.235. The van der Waals surface area contributed by atoms with E-state index in [4.69, 9.17) is 4.74 Å². The lowest BCUT2D eigenvalue weighted by molar-refractivity contribution is -0.386. The molecule has 1 aromatic carbocycles. The number of phenols is 1. The summed E-state index contributed by atoms with van der Waals surface area (Å²) in [7, 11) is 0. The molecule has 0 aliphatic heterocycles. The molecule has 1 heterocycles. The van der Waals surface area contributed by atoms with Crippen molar-refractivity contribution in [1.82, 2.24) is 9.99 Å². The van der Waals surface area contributed by atoms with E-state index in [1.165, 1.54) is 16.7 Å². The first kappa shape index (κ1) is 19.6. The Morgan fingerprint density at radius 3 is 2.81 bits per heavy atom. The van der Waals surface area contributed by atoms with Gasteiger partial charge in [-0.05, 0) is 32.0 Å². The van der Waals surface area contributed by atoms with Gasteiger partial charge in [0.1, 0.15) is 5.56 Å². The van der Waals surface area contributed by atoms with Gasteiger partial charge in [0.15, 0.2) is 5.75 Å². The average Bonchev–Trinajstić information content (AvgIpc) is 2.64. The van der Waals surface area contributed by atoms with Crippen molar-refractivity contribution in [3.63, 3.8) is 0 Å². The number of aromatic hydroxyl groups is 1. The number of aromatic nitrogens is 1. The van der Waals surface area contributed by atoms with E-state index < -0.39 is 27.8 Å². The molecule has 27 heavy (non-hydrogen) atoms. The van der Waals surface area contributed by atoms with Crippen LogP contribution >= 0.6 is 0 Å². The SMILES string of the molecule is CCOc1cc(/C=N\NC(=O)c2cccn(CC)c2=O)cc([N+](=O)[O-])c1O. The van der Waals surface area contributed by atoms with Crippen molar-refractivity contribution in [1.29, 1.82) is 0 Å². The molecule has 0 aliphatic carbocycles. The zero-order chi connectivity index (χ0) is 20.0. The molecule has 0 atom stereocenters. The number of hydrogen-bond donors (Lipinski definition) is 2. The van der Waals surface area contributed by atoms with E-state index >= 15 is 0 Å². The Labute approximate surface area is 153 Å². The Morgan fingerprint density at radius 2 is 2.19 bits per heavy atom. The molecule has 2 N–H and O–H groups in total. The third kappa shape index (κ3) is 4.48.